The number of ether oxygens (including phenoxy) is 4. The lowest BCUT2D eigenvalue weighted by molar-refractivity contribution is -0.175. The second-order valence-electron chi connectivity index (χ2n) is 15.1. The fraction of sp³-hybridized carbons (Fsp3) is 0.903. The fourth-order valence-corrected chi connectivity index (χ4v) is 9.18. The predicted octanol–water partition coefficient (Wildman–Crippen LogP) is 7.37. The van der Waals surface area contributed by atoms with E-state index in [1.165, 1.54) is 37.9 Å². The Morgan fingerprint density at radius 3 is 2.39 bits per heavy atom. The average Bonchev–Trinajstić information content (AvgIpc) is 3.36. The van der Waals surface area contributed by atoms with Crippen LogP contribution in [-0.2, 0) is 33.0 Å². The zero-order valence-electron chi connectivity index (χ0n) is 27.2. The van der Waals surface area contributed by atoms with E-state index in [4.69, 9.17) is 35.6 Å². The number of cyclic esters (lactones) is 1. The second kappa shape index (κ2) is 13.1. The van der Waals surface area contributed by atoms with Crippen molar-refractivity contribution >= 4 is 48.6 Å². The molecule has 0 amide bonds. The van der Waals surface area contributed by atoms with Crippen LogP contribution in [0.1, 0.15) is 87.0 Å². The van der Waals surface area contributed by atoms with Crippen molar-refractivity contribution < 1.29 is 33.0 Å². The molecule has 236 valence electrons. The first kappa shape index (κ1) is 34.8. The lowest BCUT2D eigenvalue weighted by atomic mass is 9.61. The first-order valence-electron chi connectivity index (χ1n) is 15.3. The average molecular weight is 631 g/mol. The van der Waals surface area contributed by atoms with Crippen molar-refractivity contribution in [3.63, 3.8) is 0 Å². The summed E-state index contributed by atoms with van der Waals surface area (Å²) in [5, 5.41) is 0. The first-order valence-corrected chi connectivity index (χ1v) is 20.3. The zero-order valence-corrected chi connectivity index (χ0v) is 29.8. The Bertz CT molecular complexity index is 963. The maximum absolute atomic E-state index is 13.4. The van der Waals surface area contributed by atoms with Crippen molar-refractivity contribution in [1.29, 1.82) is 0 Å². The van der Waals surface area contributed by atoms with Gasteiger partial charge in [0, 0.05) is 24.4 Å². The van der Waals surface area contributed by atoms with Gasteiger partial charge >= 0.3 is 11.9 Å². The molecule has 0 aromatic heterocycles. The van der Waals surface area contributed by atoms with E-state index in [9.17, 15) is 9.59 Å². The highest BCUT2D eigenvalue weighted by molar-refractivity contribution is 8.22. The standard InChI is InChI=1S/C31H54O7S2Si/c1-19(22-14-15-23-24(38-41(9,10)11)13-12-16-30(22,23)6)17-21(18-34-20(2)32)25(35-28(39)40-8)31(7)26(33)36-27(37-31)29(3,4)5/h19,21-25,27H,12-18H2,1-11H3/t19-,21+,22-,23?,24+,25?,27-,30-,31-/m1/s1. The van der Waals surface area contributed by atoms with Gasteiger partial charge in [0.15, 0.2) is 8.32 Å². The Kier molecular flexibility index (Phi) is 11.1. The van der Waals surface area contributed by atoms with Gasteiger partial charge in [0.25, 0.3) is 0 Å². The Hall–Kier alpha value is -0.683. The zero-order chi connectivity index (χ0) is 31.0. The van der Waals surface area contributed by atoms with Gasteiger partial charge < -0.3 is 23.4 Å². The molecule has 10 heteroatoms. The number of esters is 2. The molecule has 3 rings (SSSR count). The van der Waals surface area contributed by atoms with E-state index < -0.39 is 37.7 Å². The van der Waals surface area contributed by atoms with Crippen LogP contribution in [0.15, 0.2) is 0 Å². The van der Waals surface area contributed by atoms with Gasteiger partial charge in [-0.05, 0) is 100 Å². The predicted molar refractivity (Wildman–Crippen MR) is 170 cm³/mol. The van der Waals surface area contributed by atoms with E-state index in [0.717, 1.165) is 12.8 Å². The minimum Gasteiger partial charge on any atom is -0.471 e. The molecule has 0 spiro atoms. The molecule has 0 radical (unpaired) electrons. The summed E-state index contributed by atoms with van der Waals surface area (Å²) in [6.07, 6.45) is 7.23. The van der Waals surface area contributed by atoms with E-state index in [-0.39, 0.29) is 23.9 Å². The Morgan fingerprint density at radius 2 is 1.85 bits per heavy atom. The molecule has 0 N–H and O–H groups in total. The topological polar surface area (TPSA) is 80.3 Å². The number of thioether (sulfide) groups is 1. The fourth-order valence-electron chi connectivity index (χ4n) is 7.69. The molecule has 1 saturated heterocycles. The van der Waals surface area contributed by atoms with Crippen LogP contribution < -0.4 is 0 Å². The normalized spacial score (nSPS) is 34.4. The smallest absolute Gasteiger partial charge is 0.344 e. The molecule has 1 aliphatic heterocycles. The van der Waals surface area contributed by atoms with Crippen LogP contribution in [0.5, 0.6) is 0 Å². The van der Waals surface area contributed by atoms with Gasteiger partial charge in [-0.3, -0.25) is 4.79 Å². The van der Waals surface area contributed by atoms with Gasteiger partial charge in [0.05, 0.1) is 6.61 Å². The summed E-state index contributed by atoms with van der Waals surface area (Å²) < 4.78 is 31.1. The molecule has 1 heterocycles. The number of fused-ring (bicyclic) bond motifs is 1. The largest absolute Gasteiger partial charge is 0.471 e. The molecule has 2 unspecified atom stereocenters. The van der Waals surface area contributed by atoms with E-state index in [2.05, 4.69) is 33.5 Å². The van der Waals surface area contributed by atoms with E-state index in [0.29, 0.717) is 34.7 Å². The van der Waals surface area contributed by atoms with Gasteiger partial charge in [-0.25, -0.2) is 4.79 Å². The van der Waals surface area contributed by atoms with Crippen LogP contribution in [0.2, 0.25) is 19.6 Å². The Balaban J connectivity index is 1.91. The van der Waals surface area contributed by atoms with Crippen LogP contribution in [0, 0.1) is 34.5 Å². The maximum Gasteiger partial charge on any atom is 0.344 e. The van der Waals surface area contributed by atoms with Crippen molar-refractivity contribution in [2.45, 2.75) is 131 Å². The first-order chi connectivity index (χ1) is 18.8. The molecule has 9 atom stereocenters. The summed E-state index contributed by atoms with van der Waals surface area (Å²) in [6.45, 7) is 20.8. The molecular formula is C31H54O7S2Si. The SMILES string of the molecule is CSC(=S)OC([C@H](COC(C)=O)C[C@@H](C)[C@H]1CCC2[C@@H](O[Si](C)(C)C)CCC[C@@]21C)[C@@]1(C)O[C@H](C(C)(C)C)OC1=O. The van der Waals surface area contributed by atoms with Crippen LogP contribution in [0.25, 0.3) is 0 Å². The van der Waals surface area contributed by atoms with Crippen molar-refractivity contribution in [2.24, 2.45) is 34.5 Å². The van der Waals surface area contributed by atoms with Crippen LogP contribution in [0.3, 0.4) is 0 Å². The molecule has 41 heavy (non-hydrogen) atoms. The number of carbonyl (C=O) groups excluding carboxylic acids is 2. The summed E-state index contributed by atoms with van der Waals surface area (Å²) in [4.78, 5) is 25.4. The van der Waals surface area contributed by atoms with Gasteiger partial charge in [0.2, 0.25) is 16.3 Å². The maximum atomic E-state index is 13.4. The molecule has 3 fully saturated rings. The second-order valence-corrected chi connectivity index (χ2v) is 20.9. The van der Waals surface area contributed by atoms with Crippen molar-refractivity contribution in [3.05, 3.63) is 0 Å². The van der Waals surface area contributed by atoms with E-state index in [1.54, 1.807) is 6.92 Å². The monoisotopic (exact) mass is 630 g/mol. The molecule has 0 bridgehead atoms. The minimum absolute atomic E-state index is 0.113. The molecule has 2 aliphatic carbocycles. The summed E-state index contributed by atoms with van der Waals surface area (Å²) in [5.41, 5.74) is -1.63. The summed E-state index contributed by atoms with van der Waals surface area (Å²) >= 11 is 6.81. The van der Waals surface area contributed by atoms with Crippen molar-refractivity contribution in [2.75, 3.05) is 12.9 Å². The highest BCUT2D eigenvalue weighted by Crippen LogP contribution is 2.59. The summed E-state index contributed by atoms with van der Waals surface area (Å²) in [7, 11) is -1.65. The summed E-state index contributed by atoms with van der Waals surface area (Å²) in [6, 6.07) is 0. The third-order valence-corrected chi connectivity index (χ3v) is 11.6. The van der Waals surface area contributed by atoms with Gasteiger partial charge in [0.1, 0.15) is 6.10 Å². The van der Waals surface area contributed by atoms with Crippen molar-refractivity contribution in [3.8, 4) is 0 Å². The Labute approximate surface area is 259 Å². The van der Waals surface area contributed by atoms with Crippen LogP contribution in [-0.4, -0.2) is 61.6 Å². The Morgan fingerprint density at radius 1 is 1.20 bits per heavy atom. The lowest BCUT2D eigenvalue weighted by Crippen LogP contribution is -2.53. The molecule has 2 saturated carbocycles. The third-order valence-electron chi connectivity index (χ3n) is 9.54. The molecular weight excluding hydrogens is 577 g/mol. The van der Waals surface area contributed by atoms with Crippen LogP contribution >= 0.6 is 24.0 Å². The quantitative estimate of drug-likeness (QED) is 0.140. The third kappa shape index (κ3) is 8.08. The molecule has 3 aliphatic rings. The van der Waals surface area contributed by atoms with Crippen molar-refractivity contribution in [1.82, 2.24) is 0 Å². The number of hydrogen-bond donors (Lipinski definition) is 0. The van der Waals surface area contributed by atoms with E-state index >= 15 is 0 Å². The lowest BCUT2D eigenvalue weighted by Gasteiger charge is -2.48. The van der Waals surface area contributed by atoms with Crippen LogP contribution in [0.4, 0.5) is 0 Å². The van der Waals surface area contributed by atoms with Gasteiger partial charge in [-0.15, -0.1) is 0 Å². The molecule has 7 nitrogen and oxygen atoms in total. The molecule has 0 aromatic carbocycles. The van der Waals surface area contributed by atoms with Gasteiger partial charge in [-0.2, -0.15) is 0 Å². The highest BCUT2D eigenvalue weighted by Gasteiger charge is 2.59. The van der Waals surface area contributed by atoms with E-state index in [1.807, 2.05) is 27.0 Å². The van der Waals surface area contributed by atoms with Gasteiger partial charge in [-0.1, -0.05) is 52.8 Å². The number of carbonyl (C=O) groups is 2. The highest BCUT2D eigenvalue weighted by atomic mass is 32.2. The molecule has 0 aromatic rings. The summed E-state index contributed by atoms with van der Waals surface area (Å²) in [5.74, 6) is 0.170. The number of thiocarbonyl (C=S) groups is 1. The number of hydrogen-bond acceptors (Lipinski definition) is 9. The number of rotatable bonds is 10. The minimum atomic E-state index is -1.65.